The maximum absolute atomic E-state index is 5.34. The Labute approximate surface area is 187 Å². The molecule has 4 heterocycles. The fourth-order valence-corrected chi connectivity index (χ4v) is 4.73. The Bertz CT molecular complexity index is 927. The van der Waals surface area contributed by atoms with E-state index in [-0.39, 0.29) is 0 Å². The zero-order valence-corrected chi connectivity index (χ0v) is 19.0. The molecule has 3 aromatic heterocycles. The highest BCUT2D eigenvalue weighted by Crippen LogP contribution is 2.29. The van der Waals surface area contributed by atoms with Crippen LogP contribution >= 0.6 is 11.3 Å². The summed E-state index contributed by atoms with van der Waals surface area (Å²) in [4.78, 5) is 12.9. The van der Waals surface area contributed by atoms with Crippen LogP contribution < -0.4 is 10.6 Å². The average Bonchev–Trinajstić information content (AvgIpc) is 3.56. The average molecular weight is 442 g/mol. The molecule has 1 aliphatic heterocycles. The van der Waals surface area contributed by atoms with E-state index < -0.39 is 0 Å². The zero-order chi connectivity index (χ0) is 21.5. The predicted molar refractivity (Wildman–Crippen MR) is 124 cm³/mol. The molecule has 0 spiro atoms. The Kier molecular flexibility index (Phi) is 7.37. The first kappa shape index (κ1) is 21.6. The smallest absolute Gasteiger partial charge is 0.216 e. The van der Waals surface area contributed by atoms with Gasteiger partial charge in [-0.2, -0.15) is 5.10 Å². The third kappa shape index (κ3) is 5.74. The lowest BCUT2D eigenvalue weighted by Crippen LogP contribution is -2.45. The number of aromatic nitrogens is 3. The van der Waals surface area contributed by atoms with E-state index >= 15 is 0 Å². The molecular formula is C22H31N7OS. The van der Waals surface area contributed by atoms with Gasteiger partial charge in [-0.25, -0.2) is 4.98 Å². The lowest BCUT2D eigenvalue weighted by atomic mass is 9.97. The first-order valence-electron chi connectivity index (χ1n) is 10.9. The summed E-state index contributed by atoms with van der Waals surface area (Å²) in [6, 6.07) is 8.43. The molecule has 0 saturated carbocycles. The van der Waals surface area contributed by atoms with E-state index in [0.29, 0.717) is 30.6 Å². The fraction of sp³-hybridized carbons (Fsp3) is 0.500. The fourth-order valence-electron chi connectivity index (χ4n) is 3.87. The Morgan fingerprint density at radius 3 is 2.90 bits per heavy atom. The number of aliphatic imine (C=N–C) groups is 1. The minimum atomic E-state index is 0.371. The van der Waals surface area contributed by atoms with Crippen LogP contribution in [0.15, 0.2) is 45.3 Å². The van der Waals surface area contributed by atoms with Gasteiger partial charge in [-0.05, 0) is 55.4 Å². The number of furan rings is 1. The van der Waals surface area contributed by atoms with Crippen LogP contribution in [0.5, 0.6) is 0 Å². The number of piperidine rings is 1. The molecule has 3 aromatic rings. The van der Waals surface area contributed by atoms with Crippen LogP contribution in [0.2, 0.25) is 0 Å². The summed E-state index contributed by atoms with van der Waals surface area (Å²) >= 11 is 1.83. The molecule has 1 saturated heterocycles. The Morgan fingerprint density at radius 2 is 2.19 bits per heavy atom. The molecule has 4 rings (SSSR count). The van der Waals surface area contributed by atoms with Gasteiger partial charge < -0.3 is 15.1 Å². The number of hydrogen-bond acceptors (Lipinski definition) is 6. The molecule has 0 bridgehead atoms. The number of aromatic amines is 1. The second-order valence-electron chi connectivity index (χ2n) is 7.96. The molecule has 3 N–H and O–H groups in total. The maximum atomic E-state index is 5.34. The number of guanidine groups is 1. The van der Waals surface area contributed by atoms with Gasteiger partial charge >= 0.3 is 0 Å². The van der Waals surface area contributed by atoms with Crippen LogP contribution in [-0.2, 0) is 6.42 Å². The van der Waals surface area contributed by atoms with Gasteiger partial charge in [0.05, 0.1) is 12.3 Å². The first-order chi connectivity index (χ1) is 15.2. The Morgan fingerprint density at radius 1 is 1.32 bits per heavy atom. The molecule has 166 valence electrons. The Hall–Kier alpha value is -2.65. The molecule has 0 aromatic carbocycles. The van der Waals surface area contributed by atoms with Gasteiger partial charge in [0.2, 0.25) is 5.82 Å². The minimum Gasteiger partial charge on any atom is -0.461 e. The maximum Gasteiger partial charge on any atom is 0.216 e. The van der Waals surface area contributed by atoms with E-state index in [1.54, 1.807) is 6.26 Å². The summed E-state index contributed by atoms with van der Waals surface area (Å²) in [6.45, 7) is 6.20. The van der Waals surface area contributed by atoms with Crippen molar-refractivity contribution >= 4 is 17.3 Å². The third-order valence-electron chi connectivity index (χ3n) is 5.74. The van der Waals surface area contributed by atoms with Crippen molar-refractivity contribution in [2.75, 3.05) is 33.2 Å². The van der Waals surface area contributed by atoms with Gasteiger partial charge in [-0.15, -0.1) is 11.3 Å². The van der Waals surface area contributed by atoms with Crippen molar-refractivity contribution < 1.29 is 4.42 Å². The van der Waals surface area contributed by atoms with E-state index in [1.807, 2.05) is 30.5 Å². The van der Waals surface area contributed by atoms with E-state index in [9.17, 15) is 0 Å². The molecule has 1 fully saturated rings. The van der Waals surface area contributed by atoms with Crippen LogP contribution in [0.4, 0.5) is 0 Å². The van der Waals surface area contributed by atoms with Crippen LogP contribution in [0.25, 0.3) is 11.6 Å². The topological polar surface area (TPSA) is 94.4 Å². The van der Waals surface area contributed by atoms with Gasteiger partial charge in [-0.1, -0.05) is 13.0 Å². The summed E-state index contributed by atoms with van der Waals surface area (Å²) in [7, 11) is 1.81. The van der Waals surface area contributed by atoms with Crippen molar-refractivity contribution in [2.45, 2.75) is 32.2 Å². The number of nitrogens with zero attached hydrogens (tertiary/aromatic N) is 4. The number of likely N-dealkylation sites (tertiary alicyclic amines) is 1. The summed E-state index contributed by atoms with van der Waals surface area (Å²) in [5.74, 6) is 3.69. The molecule has 1 aliphatic rings. The standard InChI is InChI=1S/C22H31N7OS/c1-16-8-11-29(12-9-16)17(19-6-4-14-31-19)15-25-22(23-2)24-10-7-20-26-21(28-27-20)18-5-3-13-30-18/h3-6,13-14,16-17H,7-12,15H2,1-2H3,(H2,23,24,25)(H,26,27,28). The van der Waals surface area contributed by atoms with Crippen molar-refractivity contribution in [1.29, 1.82) is 0 Å². The highest BCUT2D eigenvalue weighted by Gasteiger charge is 2.25. The van der Waals surface area contributed by atoms with Crippen molar-refractivity contribution in [3.05, 3.63) is 46.6 Å². The van der Waals surface area contributed by atoms with Gasteiger partial charge in [0.15, 0.2) is 11.7 Å². The second kappa shape index (κ2) is 10.6. The second-order valence-corrected chi connectivity index (χ2v) is 8.94. The van der Waals surface area contributed by atoms with E-state index in [1.165, 1.54) is 17.7 Å². The molecule has 31 heavy (non-hydrogen) atoms. The van der Waals surface area contributed by atoms with Gasteiger partial charge in [-0.3, -0.25) is 15.0 Å². The molecule has 1 atom stereocenters. The van der Waals surface area contributed by atoms with Crippen molar-refractivity contribution in [3.8, 4) is 11.6 Å². The highest BCUT2D eigenvalue weighted by atomic mass is 32.1. The van der Waals surface area contributed by atoms with Gasteiger partial charge in [0.1, 0.15) is 5.82 Å². The van der Waals surface area contributed by atoms with Crippen LogP contribution in [-0.4, -0.2) is 59.3 Å². The largest absolute Gasteiger partial charge is 0.461 e. The zero-order valence-electron chi connectivity index (χ0n) is 18.2. The summed E-state index contributed by atoms with van der Waals surface area (Å²) in [5, 5.41) is 16.3. The molecular weight excluding hydrogens is 410 g/mol. The number of H-pyrrole nitrogens is 1. The normalized spacial score (nSPS) is 17.0. The van der Waals surface area contributed by atoms with Crippen molar-refractivity contribution in [1.82, 2.24) is 30.7 Å². The molecule has 0 aliphatic carbocycles. The van der Waals surface area contributed by atoms with E-state index in [0.717, 1.165) is 37.3 Å². The number of hydrogen-bond donors (Lipinski definition) is 3. The first-order valence-corrected chi connectivity index (χ1v) is 11.8. The van der Waals surface area contributed by atoms with Crippen LogP contribution in [0.3, 0.4) is 0 Å². The lowest BCUT2D eigenvalue weighted by molar-refractivity contribution is 0.140. The number of nitrogens with one attached hydrogen (secondary N) is 3. The number of thiophene rings is 1. The van der Waals surface area contributed by atoms with E-state index in [4.69, 9.17) is 4.42 Å². The lowest BCUT2D eigenvalue weighted by Gasteiger charge is -2.36. The van der Waals surface area contributed by atoms with Crippen molar-refractivity contribution in [2.24, 2.45) is 10.9 Å². The van der Waals surface area contributed by atoms with E-state index in [2.05, 4.69) is 60.1 Å². The monoisotopic (exact) mass is 441 g/mol. The summed E-state index contributed by atoms with van der Waals surface area (Å²) < 4.78 is 5.34. The molecule has 9 heteroatoms. The third-order valence-corrected chi connectivity index (χ3v) is 6.72. The molecule has 8 nitrogen and oxygen atoms in total. The number of rotatable bonds is 8. The van der Waals surface area contributed by atoms with Gasteiger partial charge in [0.25, 0.3) is 0 Å². The molecule has 0 radical (unpaired) electrons. The molecule has 1 unspecified atom stereocenters. The summed E-state index contributed by atoms with van der Waals surface area (Å²) in [5.41, 5.74) is 0. The quantitative estimate of drug-likeness (QED) is 0.367. The highest BCUT2D eigenvalue weighted by molar-refractivity contribution is 7.10. The van der Waals surface area contributed by atoms with Crippen LogP contribution in [0.1, 0.15) is 36.5 Å². The SMILES string of the molecule is CN=C(NCCc1nc(-c2ccco2)n[nH]1)NCC(c1cccs1)N1CCC(C)CC1. The minimum absolute atomic E-state index is 0.371. The van der Waals surface area contributed by atoms with Gasteiger partial charge in [0, 0.05) is 31.4 Å². The predicted octanol–water partition coefficient (Wildman–Crippen LogP) is 3.31. The Balaban J connectivity index is 1.28. The summed E-state index contributed by atoms with van der Waals surface area (Å²) in [6.07, 6.45) is 4.88. The van der Waals surface area contributed by atoms with Crippen LogP contribution in [0, 0.1) is 5.92 Å². The molecule has 0 amide bonds. The van der Waals surface area contributed by atoms with Crippen molar-refractivity contribution in [3.63, 3.8) is 0 Å².